The molecule has 5 rings (SSSR count). The van der Waals surface area contributed by atoms with Crippen LogP contribution in [0.2, 0.25) is 0 Å². The number of rotatable bonds is 6. The fraction of sp³-hybridized carbons (Fsp3) is 0.333. The van der Waals surface area contributed by atoms with Crippen LogP contribution in [-0.2, 0) is 6.42 Å². The molecule has 1 fully saturated rings. The van der Waals surface area contributed by atoms with Crippen molar-refractivity contribution in [2.24, 2.45) is 0 Å². The second-order valence-electron chi connectivity index (χ2n) is 8.40. The molecule has 1 N–H and O–H groups in total. The van der Waals surface area contributed by atoms with Crippen LogP contribution in [-0.4, -0.2) is 63.8 Å². The van der Waals surface area contributed by atoms with Gasteiger partial charge in [0.2, 0.25) is 0 Å². The maximum Gasteiger partial charge on any atom is 0.439 e. The van der Waals surface area contributed by atoms with Crippen LogP contribution < -0.4 is 10.7 Å². The Labute approximate surface area is 193 Å². The van der Waals surface area contributed by atoms with E-state index in [0.29, 0.717) is 73.4 Å². The lowest BCUT2D eigenvalue weighted by atomic mass is 10.1. The largest absolute Gasteiger partial charge is 0.439 e. The van der Waals surface area contributed by atoms with Crippen LogP contribution in [0.15, 0.2) is 51.9 Å². The summed E-state index contributed by atoms with van der Waals surface area (Å²) in [6, 6.07) is 7.13. The molecule has 0 saturated carbocycles. The van der Waals surface area contributed by atoms with E-state index in [0.717, 1.165) is 0 Å². The van der Waals surface area contributed by atoms with E-state index in [2.05, 4.69) is 24.8 Å². The fourth-order valence-electron chi connectivity index (χ4n) is 4.39. The number of anilines is 1. The molecule has 1 unspecified atom stereocenters. The molecule has 8 nitrogen and oxygen atoms in total. The highest BCUT2D eigenvalue weighted by atomic mass is 19.1. The molecule has 4 aromatic rings. The molecule has 176 valence electrons. The summed E-state index contributed by atoms with van der Waals surface area (Å²) in [4.78, 5) is 28.4. The van der Waals surface area contributed by atoms with Crippen molar-refractivity contribution < 1.29 is 18.3 Å². The summed E-state index contributed by atoms with van der Waals surface area (Å²) in [6.45, 7) is 3.24. The number of aromatic nitrogens is 3. The minimum Gasteiger partial charge on any atom is -0.408 e. The maximum atomic E-state index is 13.7. The molecular weight excluding hydrogens is 444 g/mol. The first-order valence-electron chi connectivity index (χ1n) is 11.1. The van der Waals surface area contributed by atoms with E-state index in [1.807, 2.05) is 0 Å². The Kier molecular flexibility index (Phi) is 6.16. The molecule has 1 aliphatic rings. The van der Waals surface area contributed by atoms with Crippen LogP contribution in [0, 0.1) is 11.6 Å². The predicted molar refractivity (Wildman–Crippen MR) is 123 cm³/mol. The highest BCUT2D eigenvalue weighted by molar-refractivity contribution is 5.89. The summed E-state index contributed by atoms with van der Waals surface area (Å²) in [5.41, 5.74) is 1.39. The molecule has 3 aromatic heterocycles. The third kappa shape index (κ3) is 4.73. The zero-order chi connectivity index (χ0) is 23.7. The smallest absolute Gasteiger partial charge is 0.408 e. The van der Waals surface area contributed by atoms with Crippen molar-refractivity contribution in [1.82, 2.24) is 19.9 Å². The number of aliphatic hydroxyl groups is 1. The van der Waals surface area contributed by atoms with Gasteiger partial charge in [0.1, 0.15) is 23.0 Å². The van der Waals surface area contributed by atoms with Gasteiger partial charge in [0.25, 0.3) is 0 Å². The monoisotopic (exact) mass is 467 g/mol. The van der Waals surface area contributed by atoms with Crippen molar-refractivity contribution in [3.8, 4) is 0 Å². The zero-order valence-electron chi connectivity index (χ0n) is 18.3. The van der Waals surface area contributed by atoms with Gasteiger partial charge in [-0.2, -0.15) is 4.98 Å². The van der Waals surface area contributed by atoms with Gasteiger partial charge >= 0.3 is 5.76 Å². The normalized spacial score (nSPS) is 15.8. The summed E-state index contributed by atoms with van der Waals surface area (Å²) in [5.74, 6) is -0.874. The molecule has 1 aromatic carbocycles. The van der Waals surface area contributed by atoms with Crippen molar-refractivity contribution >= 4 is 27.7 Å². The summed E-state index contributed by atoms with van der Waals surface area (Å²) in [6.07, 6.45) is 2.93. The van der Waals surface area contributed by atoms with Gasteiger partial charge in [0.15, 0.2) is 0 Å². The molecule has 1 atom stereocenters. The van der Waals surface area contributed by atoms with Gasteiger partial charge in [-0.1, -0.05) is 0 Å². The fourth-order valence-corrected chi connectivity index (χ4v) is 4.39. The van der Waals surface area contributed by atoms with Crippen LogP contribution >= 0.6 is 0 Å². The van der Waals surface area contributed by atoms with Gasteiger partial charge in [-0.25, -0.2) is 18.6 Å². The number of fused-ring (bicyclic) bond motifs is 2. The van der Waals surface area contributed by atoms with E-state index >= 15 is 0 Å². The lowest BCUT2D eigenvalue weighted by Crippen LogP contribution is -2.49. The van der Waals surface area contributed by atoms with E-state index in [1.165, 1.54) is 30.5 Å². The Balaban J connectivity index is 1.19. The lowest BCUT2D eigenvalue weighted by Gasteiger charge is -2.36. The lowest BCUT2D eigenvalue weighted by molar-refractivity contribution is 0.102. The number of nitrogens with zero attached hydrogens (tertiary/aromatic N) is 5. The van der Waals surface area contributed by atoms with Crippen LogP contribution in [0.1, 0.15) is 12.1 Å². The molecule has 1 saturated heterocycles. The van der Waals surface area contributed by atoms with Crippen LogP contribution in [0.5, 0.6) is 0 Å². The second-order valence-corrected chi connectivity index (χ2v) is 8.40. The molecule has 10 heteroatoms. The van der Waals surface area contributed by atoms with E-state index in [1.54, 1.807) is 12.3 Å². The van der Waals surface area contributed by atoms with Gasteiger partial charge in [-0.05, 0) is 43.2 Å². The molecule has 0 aliphatic carbocycles. The van der Waals surface area contributed by atoms with E-state index in [-0.39, 0.29) is 5.58 Å². The Morgan fingerprint density at radius 3 is 2.65 bits per heavy atom. The molecule has 4 heterocycles. The number of piperazine rings is 1. The third-order valence-corrected chi connectivity index (χ3v) is 6.09. The number of pyridine rings is 2. The van der Waals surface area contributed by atoms with E-state index in [9.17, 15) is 18.7 Å². The number of hydrogen-bond acceptors (Lipinski definition) is 8. The van der Waals surface area contributed by atoms with Crippen molar-refractivity contribution in [2.75, 3.05) is 37.6 Å². The van der Waals surface area contributed by atoms with E-state index < -0.39 is 23.5 Å². The van der Waals surface area contributed by atoms with Gasteiger partial charge < -0.3 is 14.4 Å². The Morgan fingerprint density at radius 1 is 1.03 bits per heavy atom. The standard InChI is InChI=1S/C24H23F2N5O3/c25-15-1-4-22-18(11-15)21(29-24(33)34-22)3-2-17(32)14-30-7-9-31(10-8-30)23-19-12-16(26)13-28-20(19)5-6-27-23/h1,4-6,11-13,17,32H,2-3,7-10,14H2. The summed E-state index contributed by atoms with van der Waals surface area (Å²) in [5, 5.41) is 11.7. The average Bonchev–Trinajstić information content (AvgIpc) is 2.83. The first-order chi connectivity index (χ1) is 16.5. The zero-order valence-corrected chi connectivity index (χ0v) is 18.3. The number of aliphatic hydroxyl groups excluding tert-OH is 1. The molecule has 0 radical (unpaired) electrons. The molecule has 0 bridgehead atoms. The number of β-amino-alcohol motifs (C(OH)–C–C–N with tert-alkyl or cyclic N) is 1. The highest BCUT2D eigenvalue weighted by Gasteiger charge is 2.22. The first kappa shape index (κ1) is 22.3. The first-order valence-corrected chi connectivity index (χ1v) is 11.1. The molecular formula is C24H23F2N5O3. The summed E-state index contributed by atoms with van der Waals surface area (Å²) >= 11 is 0. The maximum absolute atomic E-state index is 13.7. The topological polar surface area (TPSA) is 95.6 Å². The second kappa shape index (κ2) is 9.40. The van der Waals surface area contributed by atoms with E-state index in [4.69, 9.17) is 4.42 Å². The molecule has 0 spiro atoms. The quantitative estimate of drug-likeness (QED) is 0.462. The van der Waals surface area contributed by atoms with Gasteiger partial charge in [-0.3, -0.25) is 9.88 Å². The number of benzene rings is 1. The van der Waals surface area contributed by atoms with Crippen molar-refractivity contribution in [3.63, 3.8) is 0 Å². The number of aryl methyl sites for hydroxylation is 1. The average molecular weight is 467 g/mol. The molecule has 0 amide bonds. The minimum absolute atomic E-state index is 0.277. The van der Waals surface area contributed by atoms with Crippen LogP contribution in [0.25, 0.3) is 21.9 Å². The predicted octanol–water partition coefficient (Wildman–Crippen LogP) is 2.53. The van der Waals surface area contributed by atoms with Gasteiger partial charge in [0, 0.05) is 49.7 Å². The number of halogens is 2. The summed E-state index contributed by atoms with van der Waals surface area (Å²) in [7, 11) is 0. The molecule has 34 heavy (non-hydrogen) atoms. The van der Waals surface area contributed by atoms with Crippen LogP contribution in [0.4, 0.5) is 14.6 Å². The van der Waals surface area contributed by atoms with Crippen molar-refractivity contribution in [1.29, 1.82) is 0 Å². The Morgan fingerprint density at radius 2 is 1.82 bits per heavy atom. The Bertz CT molecular complexity index is 1390. The van der Waals surface area contributed by atoms with Crippen molar-refractivity contribution in [2.45, 2.75) is 18.9 Å². The summed E-state index contributed by atoms with van der Waals surface area (Å²) < 4.78 is 32.4. The third-order valence-electron chi connectivity index (χ3n) is 6.09. The van der Waals surface area contributed by atoms with Gasteiger partial charge in [0.05, 0.1) is 23.5 Å². The van der Waals surface area contributed by atoms with Crippen molar-refractivity contribution in [3.05, 3.63) is 70.6 Å². The van der Waals surface area contributed by atoms with Crippen LogP contribution in [0.3, 0.4) is 0 Å². The SMILES string of the molecule is O=c1nc(CCC(O)CN2CCN(c3nccc4ncc(F)cc34)CC2)c2cc(F)ccc2o1. The number of hydrogen-bond donors (Lipinski definition) is 1. The van der Waals surface area contributed by atoms with Gasteiger partial charge in [-0.15, -0.1) is 0 Å². The molecule has 1 aliphatic heterocycles. The Hall–Kier alpha value is -3.50. The minimum atomic E-state index is -0.739. The highest BCUT2D eigenvalue weighted by Crippen LogP contribution is 2.25.